The fourth-order valence-corrected chi connectivity index (χ4v) is 3.72. The molecule has 2 unspecified atom stereocenters. The maximum absolute atomic E-state index is 12.8. The third-order valence-corrected chi connectivity index (χ3v) is 4.69. The van der Waals surface area contributed by atoms with Crippen molar-refractivity contribution in [3.8, 4) is 0 Å². The van der Waals surface area contributed by atoms with Crippen LogP contribution in [-0.4, -0.2) is 17.9 Å². The van der Waals surface area contributed by atoms with Crippen molar-refractivity contribution >= 4 is 5.78 Å². The molecule has 102 valence electrons. The van der Waals surface area contributed by atoms with Gasteiger partial charge in [-0.05, 0) is 37.2 Å². The van der Waals surface area contributed by atoms with E-state index >= 15 is 0 Å². The number of hydrogen-bond donors (Lipinski definition) is 1. The van der Waals surface area contributed by atoms with E-state index in [2.05, 4.69) is 25.2 Å². The Kier molecular flexibility index (Phi) is 3.44. The number of benzene rings is 1. The van der Waals surface area contributed by atoms with Crippen LogP contribution in [0.2, 0.25) is 0 Å². The second kappa shape index (κ2) is 5.09. The maximum Gasteiger partial charge on any atom is 0.166 e. The first kappa shape index (κ1) is 12.9. The molecule has 2 aliphatic heterocycles. The van der Waals surface area contributed by atoms with Gasteiger partial charge in [-0.3, -0.25) is 4.79 Å². The molecule has 2 heterocycles. The van der Waals surface area contributed by atoms with Gasteiger partial charge in [-0.15, -0.1) is 0 Å². The molecule has 1 aromatic carbocycles. The molecule has 2 atom stereocenters. The summed E-state index contributed by atoms with van der Waals surface area (Å²) in [4.78, 5) is 12.8. The molecule has 0 aliphatic carbocycles. The Morgan fingerprint density at radius 2 is 1.79 bits per heavy atom. The van der Waals surface area contributed by atoms with Crippen LogP contribution in [-0.2, 0) is 0 Å². The number of carbonyl (C=O) groups is 1. The molecule has 3 rings (SSSR count). The molecule has 2 aliphatic rings. The van der Waals surface area contributed by atoms with E-state index in [1.165, 1.54) is 18.4 Å². The van der Waals surface area contributed by atoms with Crippen molar-refractivity contribution in [2.75, 3.05) is 0 Å². The number of Topliss-reactive ketones (excluding diaryl/α,β-unsaturated/α-hetero) is 1. The topological polar surface area (TPSA) is 29.1 Å². The van der Waals surface area contributed by atoms with Gasteiger partial charge in [0.2, 0.25) is 0 Å². The highest BCUT2D eigenvalue weighted by Gasteiger charge is 2.37. The molecule has 2 bridgehead atoms. The first-order valence-electron chi connectivity index (χ1n) is 7.54. The van der Waals surface area contributed by atoms with Crippen LogP contribution in [0.3, 0.4) is 0 Å². The molecular formula is C17H23NO. The van der Waals surface area contributed by atoms with Crippen molar-refractivity contribution in [3.05, 3.63) is 35.4 Å². The lowest BCUT2D eigenvalue weighted by molar-refractivity contribution is 0.0874. The van der Waals surface area contributed by atoms with E-state index < -0.39 is 0 Å². The fourth-order valence-electron chi connectivity index (χ4n) is 3.72. The zero-order valence-electron chi connectivity index (χ0n) is 11.9. The van der Waals surface area contributed by atoms with Crippen molar-refractivity contribution in [1.29, 1.82) is 0 Å². The molecule has 0 aromatic heterocycles. The Hall–Kier alpha value is -1.15. The predicted molar refractivity (Wildman–Crippen MR) is 77.5 cm³/mol. The highest BCUT2D eigenvalue weighted by molar-refractivity contribution is 5.99. The van der Waals surface area contributed by atoms with E-state index in [9.17, 15) is 4.79 Å². The van der Waals surface area contributed by atoms with Gasteiger partial charge in [-0.25, -0.2) is 0 Å². The molecule has 0 radical (unpaired) electrons. The number of nitrogens with one attached hydrogen (secondary N) is 1. The summed E-state index contributed by atoms with van der Waals surface area (Å²) in [6, 6.07) is 9.32. The standard InChI is InChI=1S/C17H23NO/c1-11(2)15-5-3-4-6-16(15)17(19)12-9-13-7-8-14(10-12)18-13/h3-6,11-14,18H,7-10H2,1-2H3. The summed E-state index contributed by atoms with van der Waals surface area (Å²) in [5.74, 6) is 1.03. The van der Waals surface area contributed by atoms with Gasteiger partial charge in [-0.2, -0.15) is 0 Å². The van der Waals surface area contributed by atoms with Gasteiger partial charge in [0.05, 0.1) is 0 Å². The summed E-state index contributed by atoms with van der Waals surface area (Å²) in [6.45, 7) is 4.33. The van der Waals surface area contributed by atoms with Crippen LogP contribution in [0.1, 0.15) is 61.4 Å². The average Bonchev–Trinajstić information content (AvgIpc) is 2.76. The lowest BCUT2D eigenvalue weighted by Gasteiger charge is -2.28. The van der Waals surface area contributed by atoms with Gasteiger partial charge in [-0.1, -0.05) is 38.1 Å². The van der Waals surface area contributed by atoms with Crippen LogP contribution in [0, 0.1) is 5.92 Å². The quantitative estimate of drug-likeness (QED) is 0.839. The van der Waals surface area contributed by atoms with E-state index in [1.54, 1.807) is 0 Å². The minimum atomic E-state index is 0.235. The van der Waals surface area contributed by atoms with Crippen molar-refractivity contribution in [2.45, 2.75) is 57.5 Å². The molecule has 1 aromatic rings. The number of carbonyl (C=O) groups excluding carboxylic acids is 1. The predicted octanol–water partition coefficient (Wildman–Crippen LogP) is 3.52. The van der Waals surface area contributed by atoms with E-state index in [0.717, 1.165) is 18.4 Å². The normalized spacial score (nSPS) is 29.7. The SMILES string of the molecule is CC(C)c1ccccc1C(=O)C1CC2CCC(C1)N2. The Balaban J connectivity index is 1.84. The molecule has 2 nitrogen and oxygen atoms in total. The first-order valence-corrected chi connectivity index (χ1v) is 7.54. The Bertz CT molecular complexity index is 468. The summed E-state index contributed by atoms with van der Waals surface area (Å²) in [5, 5.41) is 3.61. The molecule has 2 fully saturated rings. The van der Waals surface area contributed by atoms with Gasteiger partial charge in [0.25, 0.3) is 0 Å². The average molecular weight is 257 g/mol. The maximum atomic E-state index is 12.8. The summed E-state index contributed by atoms with van der Waals surface area (Å²) in [5.41, 5.74) is 2.17. The Morgan fingerprint density at radius 3 is 2.42 bits per heavy atom. The summed E-state index contributed by atoms with van der Waals surface area (Å²) >= 11 is 0. The second-order valence-corrected chi connectivity index (χ2v) is 6.41. The molecule has 0 amide bonds. The molecule has 0 spiro atoms. The van der Waals surface area contributed by atoms with Crippen molar-refractivity contribution in [1.82, 2.24) is 5.32 Å². The van der Waals surface area contributed by atoms with Crippen molar-refractivity contribution < 1.29 is 4.79 Å². The number of fused-ring (bicyclic) bond motifs is 2. The molecule has 1 N–H and O–H groups in total. The summed E-state index contributed by atoms with van der Waals surface area (Å²) < 4.78 is 0. The minimum absolute atomic E-state index is 0.235. The number of hydrogen-bond acceptors (Lipinski definition) is 2. The van der Waals surface area contributed by atoms with E-state index in [1.807, 2.05) is 18.2 Å². The second-order valence-electron chi connectivity index (χ2n) is 6.41. The molecular weight excluding hydrogens is 234 g/mol. The smallest absolute Gasteiger partial charge is 0.166 e. The molecule has 0 saturated carbocycles. The van der Waals surface area contributed by atoms with Crippen LogP contribution >= 0.6 is 0 Å². The number of ketones is 1. The monoisotopic (exact) mass is 257 g/mol. The summed E-state index contributed by atoms with van der Waals surface area (Å²) in [6.07, 6.45) is 4.56. The zero-order chi connectivity index (χ0) is 13.4. The highest BCUT2D eigenvalue weighted by Crippen LogP contribution is 2.34. The van der Waals surface area contributed by atoms with Gasteiger partial charge < -0.3 is 5.32 Å². The lowest BCUT2D eigenvalue weighted by Crippen LogP contribution is -2.40. The van der Waals surface area contributed by atoms with Gasteiger partial charge >= 0.3 is 0 Å². The van der Waals surface area contributed by atoms with Gasteiger partial charge in [0.15, 0.2) is 5.78 Å². The third-order valence-electron chi connectivity index (χ3n) is 4.69. The van der Waals surface area contributed by atoms with Crippen LogP contribution in [0.5, 0.6) is 0 Å². The summed E-state index contributed by atoms with van der Waals surface area (Å²) in [7, 11) is 0. The molecule has 2 heteroatoms. The van der Waals surface area contributed by atoms with E-state index in [0.29, 0.717) is 23.8 Å². The van der Waals surface area contributed by atoms with Crippen LogP contribution < -0.4 is 5.32 Å². The van der Waals surface area contributed by atoms with Gasteiger partial charge in [0.1, 0.15) is 0 Å². The van der Waals surface area contributed by atoms with Crippen molar-refractivity contribution in [3.63, 3.8) is 0 Å². The van der Waals surface area contributed by atoms with E-state index in [-0.39, 0.29) is 5.92 Å². The van der Waals surface area contributed by atoms with Crippen LogP contribution in [0.4, 0.5) is 0 Å². The fraction of sp³-hybridized carbons (Fsp3) is 0.588. The van der Waals surface area contributed by atoms with Crippen LogP contribution in [0.15, 0.2) is 24.3 Å². The Labute approximate surface area is 115 Å². The van der Waals surface area contributed by atoms with E-state index in [4.69, 9.17) is 0 Å². The lowest BCUT2D eigenvalue weighted by atomic mass is 9.83. The zero-order valence-corrected chi connectivity index (χ0v) is 11.9. The molecule has 19 heavy (non-hydrogen) atoms. The largest absolute Gasteiger partial charge is 0.311 e. The number of rotatable bonds is 3. The number of piperidine rings is 1. The van der Waals surface area contributed by atoms with Crippen molar-refractivity contribution in [2.24, 2.45) is 5.92 Å². The van der Waals surface area contributed by atoms with Crippen LogP contribution in [0.25, 0.3) is 0 Å². The Morgan fingerprint density at radius 1 is 1.16 bits per heavy atom. The minimum Gasteiger partial charge on any atom is -0.311 e. The third kappa shape index (κ3) is 2.46. The highest BCUT2D eigenvalue weighted by atomic mass is 16.1. The first-order chi connectivity index (χ1) is 9.15. The van der Waals surface area contributed by atoms with Gasteiger partial charge in [0, 0.05) is 23.6 Å². The molecule has 2 saturated heterocycles.